The first-order valence-electron chi connectivity index (χ1n) is 6.76. The molecule has 1 rings (SSSR count). The number of sulfonamides is 1. The van der Waals surface area contributed by atoms with E-state index in [1.165, 1.54) is 11.4 Å². The number of methoxy groups -OCH3 is 2. The molecule has 0 heterocycles. The summed E-state index contributed by atoms with van der Waals surface area (Å²) in [6, 6.07) is 4.77. The fourth-order valence-corrected chi connectivity index (χ4v) is 3.84. The predicted molar refractivity (Wildman–Crippen MR) is 81.8 cm³/mol. The second kappa shape index (κ2) is 7.74. The number of nitrogens with zero attached hydrogens (tertiary/aromatic N) is 1. The standard InChI is InChI=1S/C14H24N2O4S/c1-11(2)16(7-8-19-3)21(17,18)14-9-12(10-15)5-6-13(14)20-4/h5-6,9,11H,7-8,10,15H2,1-4H3. The van der Waals surface area contributed by atoms with Crippen LogP contribution >= 0.6 is 0 Å². The van der Waals surface area contributed by atoms with Gasteiger partial charge in [-0.3, -0.25) is 0 Å². The zero-order valence-electron chi connectivity index (χ0n) is 13.0. The molecule has 0 fully saturated rings. The lowest BCUT2D eigenvalue weighted by Gasteiger charge is -2.26. The quantitative estimate of drug-likeness (QED) is 0.779. The maximum Gasteiger partial charge on any atom is 0.247 e. The third kappa shape index (κ3) is 4.16. The summed E-state index contributed by atoms with van der Waals surface area (Å²) in [4.78, 5) is 0.137. The third-order valence-electron chi connectivity index (χ3n) is 3.14. The Kier molecular flexibility index (Phi) is 6.60. The molecule has 6 nitrogen and oxygen atoms in total. The SMILES string of the molecule is COCCN(C(C)C)S(=O)(=O)c1cc(CN)ccc1OC. The molecule has 0 saturated heterocycles. The minimum atomic E-state index is -3.68. The number of benzene rings is 1. The van der Waals surface area contributed by atoms with Crippen LogP contribution in [0, 0.1) is 0 Å². The van der Waals surface area contributed by atoms with E-state index in [-0.39, 0.29) is 24.0 Å². The molecule has 7 heteroatoms. The van der Waals surface area contributed by atoms with Crippen LogP contribution in [0.2, 0.25) is 0 Å². The van der Waals surface area contributed by atoms with E-state index in [9.17, 15) is 8.42 Å². The zero-order valence-corrected chi connectivity index (χ0v) is 13.8. The lowest BCUT2D eigenvalue weighted by molar-refractivity contribution is 0.170. The average Bonchev–Trinajstić information content (AvgIpc) is 2.46. The highest BCUT2D eigenvalue weighted by Gasteiger charge is 2.29. The minimum absolute atomic E-state index is 0.137. The summed E-state index contributed by atoms with van der Waals surface area (Å²) >= 11 is 0. The Bertz CT molecular complexity index is 558. The Morgan fingerprint density at radius 2 is 1.95 bits per heavy atom. The van der Waals surface area contributed by atoms with E-state index < -0.39 is 10.0 Å². The Labute approximate surface area is 126 Å². The summed E-state index contributed by atoms with van der Waals surface area (Å²) in [5.74, 6) is 0.315. The van der Waals surface area contributed by atoms with E-state index in [2.05, 4.69) is 0 Å². The Hall–Kier alpha value is -1.15. The van der Waals surface area contributed by atoms with Crippen LogP contribution in [0.25, 0.3) is 0 Å². The molecule has 0 aliphatic rings. The number of ether oxygens (including phenoxy) is 2. The molecule has 0 amide bonds. The fraction of sp³-hybridized carbons (Fsp3) is 0.571. The summed E-state index contributed by atoms with van der Waals surface area (Å²) in [5, 5.41) is 0. The highest BCUT2D eigenvalue weighted by Crippen LogP contribution is 2.28. The molecule has 0 aliphatic carbocycles. The van der Waals surface area contributed by atoms with Gasteiger partial charge in [0.15, 0.2) is 0 Å². The van der Waals surface area contributed by atoms with E-state index in [4.69, 9.17) is 15.2 Å². The smallest absolute Gasteiger partial charge is 0.247 e. The normalized spacial score (nSPS) is 12.1. The molecule has 0 unspecified atom stereocenters. The van der Waals surface area contributed by atoms with Crippen LogP contribution in [0.4, 0.5) is 0 Å². The summed E-state index contributed by atoms with van der Waals surface area (Å²) < 4.78 is 37.3. The van der Waals surface area contributed by atoms with E-state index in [0.717, 1.165) is 5.56 Å². The average molecular weight is 316 g/mol. The van der Waals surface area contributed by atoms with Crippen molar-refractivity contribution in [3.05, 3.63) is 23.8 Å². The lowest BCUT2D eigenvalue weighted by Crippen LogP contribution is -2.39. The molecule has 0 spiro atoms. The van der Waals surface area contributed by atoms with Crippen LogP contribution in [-0.2, 0) is 21.3 Å². The summed E-state index contributed by atoms with van der Waals surface area (Å²) in [6.45, 7) is 4.54. The Balaban J connectivity index is 3.32. The number of rotatable bonds is 8. The molecule has 0 bridgehead atoms. The van der Waals surface area contributed by atoms with Gasteiger partial charge in [-0.1, -0.05) is 6.07 Å². The molecule has 0 aliphatic heterocycles. The highest BCUT2D eigenvalue weighted by molar-refractivity contribution is 7.89. The van der Waals surface area contributed by atoms with Crippen LogP contribution in [0.5, 0.6) is 5.75 Å². The summed E-state index contributed by atoms with van der Waals surface area (Å²) in [6.07, 6.45) is 0. The van der Waals surface area contributed by atoms with Crippen molar-refractivity contribution in [2.45, 2.75) is 31.3 Å². The van der Waals surface area contributed by atoms with Gasteiger partial charge >= 0.3 is 0 Å². The second-order valence-corrected chi connectivity index (χ2v) is 6.75. The van der Waals surface area contributed by atoms with E-state index >= 15 is 0 Å². The molecule has 21 heavy (non-hydrogen) atoms. The monoisotopic (exact) mass is 316 g/mol. The van der Waals surface area contributed by atoms with E-state index in [1.807, 2.05) is 13.8 Å². The molecular formula is C14H24N2O4S. The zero-order chi connectivity index (χ0) is 16.0. The van der Waals surface area contributed by atoms with Crippen molar-refractivity contribution in [2.75, 3.05) is 27.4 Å². The number of hydrogen-bond donors (Lipinski definition) is 1. The fourth-order valence-electron chi connectivity index (χ4n) is 2.01. The Morgan fingerprint density at radius 3 is 2.43 bits per heavy atom. The van der Waals surface area contributed by atoms with Crippen molar-refractivity contribution >= 4 is 10.0 Å². The van der Waals surface area contributed by atoms with Crippen LogP contribution in [-0.4, -0.2) is 46.1 Å². The van der Waals surface area contributed by atoms with Gasteiger partial charge in [0.1, 0.15) is 10.6 Å². The van der Waals surface area contributed by atoms with Crippen molar-refractivity contribution in [3.63, 3.8) is 0 Å². The van der Waals surface area contributed by atoms with E-state index in [0.29, 0.717) is 12.4 Å². The molecule has 0 radical (unpaired) electrons. The first-order valence-corrected chi connectivity index (χ1v) is 8.20. The van der Waals surface area contributed by atoms with Crippen molar-refractivity contribution in [1.29, 1.82) is 0 Å². The lowest BCUT2D eigenvalue weighted by atomic mass is 10.2. The maximum absolute atomic E-state index is 12.9. The largest absolute Gasteiger partial charge is 0.495 e. The predicted octanol–water partition coefficient (Wildman–Crippen LogP) is 1.20. The van der Waals surface area contributed by atoms with E-state index in [1.54, 1.807) is 25.3 Å². The Morgan fingerprint density at radius 1 is 1.29 bits per heavy atom. The molecule has 0 saturated carbocycles. The van der Waals surface area contributed by atoms with Crippen molar-refractivity contribution in [3.8, 4) is 5.75 Å². The molecular weight excluding hydrogens is 292 g/mol. The molecule has 1 aromatic rings. The maximum atomic E-state index is 12.9. The van der Waals surface area contributed by atoms with Crippen LogP contribution in [0.15, 0.2) is 23.1 Å². The molecule has 2 N–H and O–H groups in total. The van der Waals surface area contributed by atoms with Gasteiger partial charge in [0.05, 0.1) is 13.7 Å². The minimum Gasteiger partial charge on any atom is -0.495 e. The second-order valence-electron chi connectivity index (χ2n) is 4.89. The number of hydrogen-bond acceptors (Lipinski definition) is 5. The van der Waals surface area contributed by atoms with Gasteiger partial charge in [0.25, 0.3) is 0 Å². The van der Waals surface area contributed by atoms with Crippen LogP contribution < -0.4 is 10.5 Å². The topological polar surface area (TPSA) is 81.9 Å². The van der Waals surface area contributed by atoms with Crippen molar-refractivity contribution in [1.82, 2.24) is 4.31 Å². The van der Waals surface area contributed by atoms with Gasteiger partial charge in [-0.05, 0) is 31.5 Å². The van der Waals surface area contributed by atoms with Gasteiger partial charge in [0.2, 0.25) is 10.0 Å². The number of nitrogens with two attached hydrogens (primary N) is 1. The molecule has 0 aromatic heterocycles. The van der Waals surface area contributed by atoms with Crippen LogP contribution in [0.1, 0.15) is 19.4 Å². The third-order valence-corrected chi connectivity index (χ3v) is 5.24. The molecule has 1 aromatic carbocycles. The van der Waals surface area contributed by atoms with Crippen molar-refractivity contribution < 1.29 is 17.9 Å². The first kappa shape index (κ1) is 17.9. The van der Waals surface area contributed by atoms with Gasteiger partial charge < -0.3 is 15.2 Å². The van der Waals surface area contributed by atoms with Gasteiger partial charge in [-0.15, -0.1) is 0 Å². The highest BCUT2D eigenvalue weighted by atomic mass is 32.2. The summed E-state index contributed by atoms with van der Waals surface area (Å²) in [5.41, 5.74) is 6.34. The van der Waals surface area contributed by atoms with Crippen molar-refractivity contribution in [2.24, 2.45) is 5.73 Å². The summed E-state index contributed by atoms with van der Waals surface area (Å²) in [7, 11) is -0.683. The molecule has 120 valence electrons. The van der Waals surface area contributed by atoms with Crippen LogP contribution in [0.3, 0.4) is 0 Å². The van der Waals surface area contributed by atoms with Gasteiger partial charge in [0, 0.05) is 26.2 Å². The van der Waals surface area contributed by atoms with Gasteiger partial charge in [-0.25, -0.2) is 8.42 Å². The van der Waals surface area contributed by atoms with Gasteiger partial charge in [-0.2, -0.15) is 4.31 Å². The molecule has 0 atom stereocenters. The first-order chi connectivity index (χ1) is 9.88.